The number of hydrogen-bond donors (Lipinski definition) is 3. The summed E-state index contributed by atoms with van der Waals surface area (Å²) in [5.41, 5.74) is 10.2. The molecule has 0 saturated carbocycles. The van der Waals surface area contributed by atoms with E-state index in [-0.39, 0.29) is 6.42 Å². The van der Waals surface area contributed by atoms with E-state index in [2.05, 4.69) is 4.74 Å². The van der Waals surface area contributed by atoms with Gasteiger partial charge in [0.25, 0.3) is 0 Å². The number of rotatable bonds is 7. The molecule has 0 aliphatic heterocycles. The highest BCUT2D eigenvalue weighted by molar-refractivity contribution is 6.33. The minimum absolute atomic E-state index is 0.00234. The van der Waals surface area contributed by atoms with Crippen molar-refractivity contribution in [2.24, 2.45) is 11.5 Å². The van der Waals surface area contributed by atoms with Crippen molar-refractivity contribution in [3.63, 3.8) is 0 Å². The number of ether oxygens (including phenoxy) is 1. The van der Waals surface area contributed by atoms with Gasteiger partial charge in [-0.1, -0.05) is 0 Å². The van der Waals surface area contributed by atoms with E-state index in [0.717, 1.165) is 0 Å². The molecule has 0 unspecified atom stereocenters. The van der Waals surface area contributed by atoms with Crippen LogP contribution in [0.4, 0.5) is 0 Å². The number of Topliss-reactive ketones (excluding diaryl/α,β-unsaturated/α-hetero) is 1. The van der Waals surface area contributed by atoms with Crippen molar-refractivity contribution in [2.45, 2.75) is 18.9 Å². The van der Waals surface area contributed by atoms with Gasteiger partial charge in [0, 0.05) is 6.42 Å². The summed E-state index contributed by atoms with van der Waals surface area (Å²) in [5, 5.41) is 8.36. The molecule has 1 atom stereocenters. The number of carboxylic acids is 1. The molecule has 0 aromatic heterocycles. The Balaban J connectivity index is 3.83. The van der Waals surface area contributed by atoms with Gasteiger partial charge in [0.2, 0.25) is 5.78 Å². The minimum Gasteiger partial charge on any atom is -0.480 e. The standard InChI is InChI=1S/C8H14N2O5/c9-3-1-2-6(11)8(14)15-4-5(10)7(12)13/h5H,1-4,9-10H2,(H,12,13)/t5-/m0/s1. The van der Waals surface area contributed by atoms with E-state index in [1.165, 1.54) is 0 Å². The van der Waals surface area contributed by atoms with E-state index < -0.39 is 30.4 Å². The third-order valence-corrected chi connectivity index (χ3v) is 1.55. The summed E-state index contributed by atoms with van der Waals surface area (Å²) >= 11 is 0. The molecule has 0 rings (SSSR count). The lowest BCUT2D eigenvalue weighted by atomic mass is 10.2. The quantitative estimate of drug-likeness (QED) is 0.341. The van der Waals surface area contributed by atoms with Crippen molar-refractivity contribution in [1.82, 2.24) is 0 Å². The van der Waals surface area contributed by atoms with Crippen molar-refractivity contribution in [3.05, 3.63) is 0 Å². The molecule has 0 aliphatic carbocycles. The largest absolute Gasteiger partial charge is 0.480 e. The fraction of sp³-hybridized carbons (Fsp3) is 0.625. The second kappa shape index (κ2) is 6.91. The predicted molar refractivity (Wildman–Crippen MR) is 49.9 cm³/mol. The van der Waals surface area contributed by atoms with Gasteiger partial charge in [-0.25, -0.2) is 4.79 Å². The third-order valence-electron chi connectivity index (χ3n) is 1.55. The monoisotopic (exact) mass is 218 g/mol. The number of aliphatic carboxylic acids is 1. The highest BCUT2D eigenvalue weighted by Gasteiger charge is 2.18. The highest BCUT2D eigenvalue weighted by atomic mass is 16.5. The van der Waals surface area contributed by atoms with Crippen LogP contribution in [-0.2, 0) is 19.1 Å². The molecule has 0 fully saturated rings. The Labute approximate surface area is 86.4 Å². The first-order valence-corrected chi connectivity index (χ1v) is 4.37. The average molecular weight is 218 g/mol. The van der Waals surface area contributed by atoms with Gasteiger partial charge in [-0.15, -0.1) is 0 Å². The minimum atomic E-state index is -1.31. The molecule has 0 radical (unpaired) electrons. The van der Waals surface area contributed by atoms with E-state index >= 15 is 0 Å². The second-order valence-corrected chi connectivity index (χ2v) is 2.86. The van der Waals surface area contributed by atoms with E-state index in [9.17, 15) is 14.4 Å². The van der Waals surface area contributed by atoms with Crippen molar-refractivity contribution in [3.8, 4) is 0 Å². The van der Waals surface area contributed by atoms with Gasteiger partial charge in [0.15, 0.2) is 0 Å². The number of nitrogens with two attached hydrogens (primary N) is 2. The van der Waals surface area contributed by atoms with Crippen LogP contribution in [0.2, 0.25) is 0 Å². The molecule has 5 N–H and O–H groups in total. The van der Waals surface area contributed by atoms with Crippen LogP contribution in [0.5, 0.6) is 0 Å². The molecular formula is C8H14N2O5. The fourth-order valence-corrected chi connectivity index (χ4v) is 0.682. The van der Waals surface area contributed by atoms with Crippen molar-refractivity contribution in [2.75, 3.05) is 13.2 Å². The third kappa shape index (κ3) is 5.76. The molecule has 86 valence electrons. The summed E-state index contributed by atoms with van der Waals surface area (Å²) in [7, 11) is 0. The van der Waals surface area contributed by atoms with Gasteiger partial charge in [0.05, 0.1) is 0 Å². The summed E-state index contributed by atoms with van der Waals surface area (Å²) in [6, 6.07) is -1.31. The Morgan fingerprint density at radius 3 is 2.40 bits per heavy atom. The predicted octanol–water partition coefficient (Wildman–Crippen LogP) is -1.75. The number of esters is 1. The molecule has 0 aliphatic rings. The van der Waals surface area contributed by atoms with E-state index in [1.807, 2.05) is 0 Å². The van der Waals surface area contributed by atoms with E-state index in [0.29, 0.717) is 13.0 Å². The molecule has 15 heavy (non-hydrogen) atoms. The van der Waals surface area contributed by atoms with Gasteiger partial charge in [-0.3, -0.25) is 9.59 Å². The Hall–Kier alpha value is -1.47. The average Bonchev–Trinajstić information content (AvgIpc) is 2.21. The number of carbonyl (C=O) groups excluding carboxylic acids is 2. The maximum atomic E-state index is 11.0. The lowest BCUT2D eigenvalue weighted by Gasteiger charge is -2.06. The first-order valence-electron chi connectivity index (χ1n) is 4.37. The first-order chi connectivity index (χ1) is 6.99. The van der Waals surface area contributed by atoms with Crippen LogP contribution >= 0.6 is 0 Å². The van der Waals surface area contributed by atoms with Gasteiger partial charge in [-0.2, -0.15) is 0 Å². The SMILES string of the molecule is NCCCC(=O)C(=O)OC[C@H](N)C(=O)O. The molecule has 0 heterocycles. The summed E-state index contributed by atoms with van der Waals surface area (Å²) in [6.07, 6.45) is 0.385. The fourth-order valence-electron chi connectivity index (χ4n) is 0.682. The Morgan fingerprint density at radius 2 is 1.93 bits per heavy atom. The van der Waals surface area contributed by atoms with E-state index in [1.54, 1.807) is 0 Å². The van der Waals surface area contributed by atoms with Crippen LogP contribution in [0.15, 0.2) is 0 Å². The number of carbonyl (C=O) groups is 3. The van der Waals surface area contributed by atoms with Crippen LogP contribution in [-0.4, -0.2) is 42.0 Å². The zero-order valence-corrected chi connectivity index (χ0v) is 8.14. The smallest absolute Gasteiger partial charge is 0.374 e. The topological polar surface area (TPSA) is 133 Å². The Kier molecular flexibility index (Phi) is 6.23. The molecule has 0 bridgehead atoms. The first kappa shape index (κ1) is 13.5. The van der Waals surface area contributed by atoms with Crippen molar-refractivity contribution >= 4 is 17.7 Å². The second-order valence-electron chi connectivity index (χ2n) is 2.86. The summed E-state index contributed by atoms with van der Waals surface area (Å²) in [6.45, 7) is -0.212. The summed E-state index contributed by atoms with van der Waals surface area (Å²) in [5.74, 6) is -3.09. The van der Waals surface area contributed by atoms with E-state index in [4.69, 9.17) is 16.6 Å². The van der Waals surface area contributed by atoms with Crippen LogP contribution < -0.4 is 11.5 Å². The van der Waals surface area contributed by atoms with Gasteiger partial charge >= 0.3 is 11.9 Å². The molecule has 0 spiro atoms. The number of carboxylic acid groups (broad SMARTS) is 1. The summed E-state index contributed by atoms with van der Waals surface area (Å²) < 4.78 is 4.39. The number of hydrogen-bond acceptors (Lipinski definition) is 6. The highest BCUT2D eigenvalue weighted by Crippen LogP contribution is 1.93. The van der Waals surface area contributed by atoms with Crippen molar-refractivity contribution in [1.29, 1.82) is 0 Å². The van der Waals surface area contributed by atoms with Gasteiger partial charge < -0.3 is 21.3 Å². The maximum Gasteiger partial charge on any atom is 0.374 e. The lowest BCUT2D eigenvalue weighted by molar-refractivity contribution is -0.155. The zero-order valence-electron chi connectivity index (χ0n) is 8.14. The lowest BCUT2D eigenvalue weighted by Crippen LogP contribution is -2.36. The zero-order chi connectivity index (χ0) is 11.8. The molecule has 0 aromatic carbocycles. The van der Waals surface area contributed by atoms with Gasteiger partial charge in [0.1, 0.15) is 12.6 Å². The molecule has 0 saturated heterocycles. The summed E-state index contributed by atoms with van der Waals surface area (Å²) in [4.78, 5) is 32.1. The van der Waals surface area contributed by atoms with Gasteiger partial charge in [-0.05, 0) is 13.0 Å². The molecular weight excluding hydrogens is 204 g/mol. The van der Waals surface area contributed by atoms with Crippen LogP contribution in [0, 0.1) is 0 Å². The Bertz CT molecular complexity index is 253. The van der Waals surface area contributed by atoms with Crippen molar-refractivity contribution < 1.29 is 24.2 Å². The molecule has 7 nitrogen and oxygen atoms in total. The molecule has 0 amide bonds. The van der Waals surface area contributed by atoms with Crippen LogP contribution in [0.1, 0.15) is 12.8 Å². The maximum absolute atomic E-state index is 11.0. The van der Waals surface area contributed by atoms with Crippen LogP contribution in [0.25, 0.3) is 0 Å². The normalized spacial score (nSPS) is 11.9. The number of ketones is 1. The molecule has 0 aromatic rings. The Morgan fingerprint density at radius 1 is 1.33 bits per heavy atom. The van der Waals surface area contributed by atoms with Crippen LogP contribution in [0.3, 0.4) is 0 Å². The molecule has 7 heteroatoms.